The Morgan fingerprint density at radius 2 is 1.67 bits per heavy atom. The van der Waals surface area contributed by atoms with Crippen LogP contribution >= 0.6 is 10.5 Å². The molecule has 0 bridgehead atoms. The SMILES string of the molecule is CCCc1ccc2cc(C(C)(C)C)[s+](C(F)(F)F)c2c1.[Cl-]. The van der Waals surface area contributed by atoms with E-state index in [-0.39, 0.29) is 12.4 Å². The largest absolute Gasteiger partial charge is 1.00 e. The molecule has 0 aliphatic carbocycles. The van der Waals surface area contributed by atoms with Gasteiger partial charge in [0.2, 0.25) is 0 Å². The summed E-state index contributed by atoms with van der Waals surface area (Å²) in [6.07, 6.45) is 1.77. The topological polar surface area (TPSA) is 0 Å². The number of rotatable bonds is 2. The number of halogens is 4. The molecule has 5 heteroatoms. The van der Waals surface area contributed by atoms with Crippen LogP contribution in [0.1, 0.15) is 44.6 Å². The number of alkyl halides is 3. The van der Waals surface area contributed by atoms with Crippen molar-refractivity contribution in [3.05, 3.63) is 34.7 Å². The zero-order valence-corrected chi connectivity index (χ0v) is 14.2. The first-order chi connectivity index (χ1) is 9.14. The van der Waals surface area contributed by atoms with Crippen LogP contribution in [-0.4, -0.2) is 0 Å². The molecule has 1 heterocycles. The summed E-state index contributed by atoms with van der Waals surface area (Å²) in [4.78, 5) is 0.494. The van der Waals surface area contributed by atoms with Gasteiger partial charge in [0, 0.05) is 22.9 Å². The zero-order chi connectivity index (χ0) is 15.1. The highest BCUT2D eigenvalue weighted by Crippen LogP contribution is 2.54. The van der Waals surface area contributed by atoms with Crippen molar-refractivity contribution in [1.82, 2.24) is 0 Å². The Kier molecular flexibility index (Phi) is 5.38. The molecule has 0 amide bonds. The average molecular weight is 337 g/mol. The van der Waals surface area contributed by atoms with Crippen LogP contribution < -0.4 is 12.4 Å². The number of fused-ring (bicyclic) bond motifs is 1. The first-order valence-corrected chi connectivity index (χ1v) is 8.03. The van der Waals surface area contributed by atoms with Crippen LogP contribution in [0.25, 0.3) is 10.1 Å². The maximum atomic E-state index is 13.5. The molecule has 1 aromatic heterocycles. The number of hydrogen-bond acceptors (Lipinski definition) is 0. The van der Waals surface area contributed by atoms with Crippen molar-refractivity contribution in [1.29, 1.82) is 0 Å². The second-order valence-corrected chi connectivity index (χ2v) is 8.09. The van der Waals surface area contributed by atoms with E-state index in [0.29, 0.717) is 9.58 Å². The molecule has 0 nitrogen and oxygen atoms in total. The second-order valence-electron chi connectivity index (χ2n) is 6.13. The molecule has 2 aromatic rings. The Hall–Kier alpha value is -0.740. The fourth-order valence-electron chi connectivity index (χ4n) is 2.41. The minimum Gasteiger partial charge on any atom is -1.00 e. The second kappa shape index (κ2) is 6.17. The van der Waals surface area contributed by atoms with Crippen molar-refractivity contribution < 1.29 is 25.6 Å². The van der Waals surface area contributed by atoms with Crippen LogP contribution in [0.2, 0.25) is 0 Å². The summed E-state index contributed by atoms with van der Waals surface area (Å²) in [6.45, 7) is 7.59. The molecule has 0 fully saturated rings. The molecule has 0 aliphatic rings. The molecular formula is C16H20ClF3S. The van der Waals surface area contributed by atoms with Gasteiger partial charge in [-0.1, -0.05) is 40.2 Å². The van der Waals surface area contributed by atoms with E-state index in [4.69, 9.17) is 0 Å². The van der Waals surface area contributed by atoms with Gasteiger partial charge in [-0.05, 0) is 18.1 Å². The van der Waals surface area contributed by atoms with Gasteiger partial charge in [-0.3, -0.25) is 0 Å². The normalized spacial score (nSPS) is 13.4. The Morgan fingerprint density at radius 1 is 1.05 bits per heavy atom. The number of hydrogen-bond donors (Lipinski definition) is 0. The summed E-state index contributed by atoms with van der Waals surface area (Å²) < 4.78 is 41.0. The molecule has 2 rings (SSSR count). The quantitative estimate of drug-likeness (QED) is 0.738. The van der Waals surface area contributed by atoms with Gasteiger partial charge in [-0.15, -0.1) is 13.2 Å². The lowest BCUT2D eigenvalue weighted by molar-refractivity contribution is -0.0869. The van der Waals surface area contributed by atoms with Crippen molar-refractivity contribution >= 4 is 20.6 Å². The van der Waals surface area contributed by atoms with Gasteiger partial charge in [0.25, 0.3) is 0 Å². The van der Waals surface area contributed by atoms with E-state index >= 15 is 0 Å². The standard InChI is InChI=1S/C16H20F3S.ClH/c1-5-6-11-7-8-12-10-14(15(2,3)4)20(13(12)9-11)16(17,18)19;/h7-10H,5-6H2,1-4H3;1H/q+1;/p-1. The lowest BCUT2D eigenvalue weighted by Gasteiger charge is -2.13. The lowest BCUT2D eigenvalue weighted by atomic mass is 9.94. The van der Waals surface area contributed by atoms with Crippen LogP contribution in [0.5, 0.6) is 0 Å². The smallest absolute Gasteiger partial charge is 0.600 e. The fraction of sp³-hybridized carbons (Fsp3) is 0.500. The fourth-order valence-corrected chi connectivity index (χ4v) is 4.63. The first-order valence-electron chi connectivity index (χ1n) is 6.81. The molecule has 0 aliphatic heterocycles. The van der Waals surface area contributed by atoms with Crippen LogP contribution in [0.15, 0.2) is 24.3 Å². The summed E-state index contributed by atoms with van der Waals surface area (Å²) in [5, 5.41) is 0.732. The Balaban J connectivity index is 0.00000220. The van der Waals surface area contributed by atoms with Crippen molar-refractivity contribution in [3.8, 4) is 0 Å². The minimum absolute atomic E-state index is 0. The highest BCUT2D eigenvalue weighted by atomic mass is 35.5. The summed E-state index contributed by atoms with van der Waals surface area (Å²) >= 11 is 0. The third-order valence-electron chi connectivity index (χ3n) is 3.31. The number of thiophene rings is 1. The Bertz CT molecular complexity index is 621. The molecule has 0 radical (unpaired) electrons. The molecular weight excluding hydrogens is 317 g/mol. The predicted molar refractivity (Wildman–Crippen MR) is 80.4 cm³/mol. The van der Waals surface area contributed by atoms with Crippen LogP contribution in [0.3, 0.4) is 0 Å². The maximum absolute atomic E-state index is 13.5. The van der Waals surface area contributed by atoms with E-state index in [1.807, 2.05) is 39.8 Å². The van der Waals surface area contributed by atoms with Crippen LogP contribution in [0, 0.1) is 0 Å². The highest BCUT2D eigenvalue weighted by molar-refractivity contribution is 7.38. The van der Waals surface area contributed by atoms with E-state index in [1.54, 1.807) is 12.1 Å². The van der Waals surface area contributed by atoms with E-state index in [2.05, 4.69) is 0 Å². The van der Waals surface area contributed by atoms with Gasteiger partial charge >= 0.3 is 5.51 Å². The number of benzene rings is 1. The van der Waals surface area contributed by atoms with Gasteiger partial charge in [-0.25, -0.2) is 0 Å². The highest BCUT2D eigenvalue weighted by Gasteiger charge is 2.50. The van der Waals surface area contributed by atoms with Crippen molar-refractivity contribution in [2.75, 3.05) is 0 Å². The van der Waals surface area contributed by atoms with E-state index in [0.717, 1.165) is 23.8 Å². The minimum atomic E-state index is -4.20. The van der Waals surface area contributed by atoms with Gasteiger partial charge in [0.1, 0.15) is 0 Å². The number of aryl methyl sites for hydroxylation is 1. The molecule has 1 unspecified atom stereocenters. The summed E-state index contributed by atoms with van der Waals surface area (Å²) in [6, 6.07) is 7.28. The zero-order valence-electron chi connectivity index (χ0n) is 12.6. The molecule has 0 N–H and O–H groups in total. The van der Waals surface area contributed by atoms with Crippen LogP contribution in [-0.2, 0) is 17.3 Å². The molecule has 0 saturated carbocycles. The monoisotopic (exact) mass is 336 g/mol. The van der Waals surface area contributed by atoms with E-state index in [9.17, 15) is 13.2 Å². The maximum Gasteiger partial charge on any atom is 0.600 e. The molecule has 0 saturated heterocycles. The lowest BCUT2D eigenvalue weighted by Crippen LogP contribution is -3.00. The molecule has 1 atom stereocenters. The summed E-state index contributed by atoms with van der Waals surface area (Å²) in [5.41, 5.74) is -3.67. The average Bonchev–Trinajstić information content (AvgIpc) is 2.67. The van der Waals surface area contributed by atoms with Crippen molar-refractivity contribution in [2.24, 2.45) is 0 Å². The van der Waals surface area contributed by atoms with Gasteiger partial charge in [0.15, 0.2) is 9.58 Å². The van der Waals surface area contributed by atoms with Crippen molar-refractivity contribution in [2.45, 2.75) is 51.5 Å². The van der Waals surface area contributed by atoms with Crippen molar-refractivity contribution in [3.63, 3.8) is 0 Å². The van der Waals surface area contributed by atoms with Gasteiger partial charge in [-0.2, -0.15) is 0 Å². The molecule has 1 aromatic carbocycles. The van der Waals surface area contributed by atoms with Gasteiger partial charge in [0.05, 0.1) is 10.5 Å². The predicted octanol–water partition coefficient (Wildman–Crippen LogP) is 3.32. The first kappa shape index (κ1) is 18.3. The third kappa shape index (κ3) is 3.72. The summed E-state index contributed by atoms with van der Waals surface area (Å²) in [7, 11) is -1.78. The molecule has 21 heavy (non-hydrogen) atoms. The van der Waals surface area contributed by atoms with E-state index < -0.39 is 21.4 Å². The molecule has 0 spiro atoms. The van der Waals surface area contributed by atoms with Gasteiger partial charge < -0.3 is 12.4 Å². The third-order valence-corrected chi connectivity index (χ3v) is 5.74. The van der Waals surface area contributed by atoms with Crippen LogP contribution in [0.4, 0.5) is 13.2 Å². The van der Waals surface area contributed by atoms with E-state index in [1.165, 1.54) is 0 Å². The summed E-state index contributed by atoms with van der Waals surface area (Å²) in [5.74, 6) is 0. The Labute approximate surface area is 132 Å². The Morgan fingerprint density at radius 3 is 2.14 bits per heavy atom. The molecule has 118 valence electrons.